The van der Waals surface area contributed by atoms with Gasteiger partial charge in [0.15, 0.2) is 0 Å². The Balaban J connectivity index is 1.67. The monoisotopic (exact) mass is 379 g/mol. The van der Waals surface area contributed by atoms with Crippen molar-refractivity contribution in [3.63, 3.8) is 0 Å². The smallest absolute Gasteiger partial charge is 0.269 e. The van der Waals surface area contributed by atoms with Crippen LogP contribution in [0, 0.1) is 10.1 Å². The van der Waals surface area contributed by atoms with E-state index in [4.69, 9.17) is 0 Å². The minimum Gasteiger partial charge on any atom is -0.324 e. The number of nitrogens with one attached hydrogen (secondary N) is 2. The highest BCUT2D eigenvalue weighted by Crippen LogP contribution is 2.36. The van der Waals surface area contributed by atoms with Gasteiger partial charge in [-0.3, -0.25) is 20.2 Å². The lowest BCUT2D eigenvalue weighted by Crippen LogP contribution is -2.41. The average molecular weight is 379 g/mol. The van der Waals surface area contributed by atoms with Gasteiger partial charge in [0.1, 0.15) is 0 Å². The highest BCUT2D eigenvalue weighted by atomic mass is 32.1. The number of hydrogen-bond donors (Lipinski definition) is 2. The van der Waals surface area contributed by atoms with Gasteiger partial charge >= 0.3 is 0 Å². The zero-order valence-corrected chi connectivity index (χ0v) is 15.1. The third-order valence-corrected chi connectivity index (χ3v) is 5.60. The molecule has 136 valence electrons. The Morgan fingerprint density at radius 1 is 1.04 bits per heavy atom. The quantitative estimate of drug-likeness (QED) is 0.532. The first-order valence-electron chi connectivity index (χ1n) is 8.54. The minimum absolute atomic E-state index is 0.0498. The molecule has 0 aliphatic carbocycles. The molecule has 4 rings (SSSR count). The number of non-ortho nitro benzene ring substituents is 1. The van der Waals surface area contributed by atoms with Crippen LogP contribution in [0.1, 0.15) is 22.0 Å². The Kier molecular flexibility index (Phi) is 4.70. The molecule has 0 spiro atoms. The van der Waals surface area contributed by atoms with Crippen LogP contribution in [0.25, 0.3) is 0 Å². The molecule has 1 amide bonds. The van der Waals surface area contributed by atoms with Crippen LogP contribution < -0.4 is 10.6 Å². The molecule has 27 heavy (non-hydrogen) atoms. The first-order chi connectivity index (χ1) is 13.1. The molecule has 3 aromatic rings. The maximum Gasteiger partial charge on any atom is 0.269 e. The van der Waals surface area contributed by atoms with Crippen LogP contribution >= 0.6 is 11.3 Å². The summed E-state index contributed by atoms with van der Waals surface area (Å²) < 4.78 is 0. The summed E-state index contributed by atoms with van der Waals surface area (Å²) in [5, 5.41) is 19.3. The Bertz CT molecular complexity index is 970. The van der Waals surface area contributed by atoms with Crippen molar-refractivity contribution in [2.75, 3.05) is 5.32 Å². The van der Waals surface area contributed by atoms with E-state index < -0.39 is 11.0 Å². The number of hydrogen-bond acceptors (Lipinski definition) is 5. The van der Waals surface area contributed by atoms with Crippen LogP contribution in [0.2, 0.25) is 0 Å². The molecule has 2 atom stereocenters. The average Bonchev–Trinajstić information content (AvgIpc) is 3.09. The zero-order chi connectivity index (χ0) is 18.8. The van der Waals surface area contributed by atoms with Gasteiger partial charge in [-0.1, -0.05) is 42.5 Å². The molecule has 0 saturated carbocycles. The number of carbonyl (C=O) groups excluding carboxylic acids is 1. The van der Waals surface area contributed by atoms with Gasteiger partial charge in [-0.2, -0.15) is 0 Å². The lowest BCUT2D eigenvalue weighted by Gasteiger charge is -2.22. The zero-order valence-electron chi connectivity index (χ0n) is 14.3. The molecule has 2 N–H and O–H groups in total. The molecule has 0 radical (unpaired) electrons. The second kappa shape index (κ2) is 7.30. The van der Waals surface area contributed by atoms with Crippen molar-refractivity contribution in [1.29, 1.82) is 0 Å². The summed E-state index contributed by atoms with van der Waals surface area (Å²) in [7, 11) is 0. The van der Waals surface area contributed by atoms with Crippen LogP contribution in [0.15, 0.2) is 66.0 Å². The van der Waals surface area contributed by atoms with Crippen molar-refractivity contribution in [2.45, 2.75) is 18.5 Å². The number of anilines is 1. The van der Waals surface area contributed by atoms with Crippen molar-refractivity contribution >= 4 is 28.6 Å². The summed E-state index contributed by atoms with van der Waals surface area (Å²) in [6, 6.07) is 17.6. The van der Waals surface area contributed by atoms with Crippen LogP contribution in [-0.4, -0.2) is 16.9 Å². The van der Waals surface area contributed by atoms with E-state index in [1.165, 1.54) is 12.1 Å². The second-order valence-electron chi connectivity index (χ2n) is 6.38. The summed E-state index contributed by atoms with van der Waals surface area (Å²) >= 11 is 1.55. The Labute approximate surface area is 160 Å². The maximum atomic E-state index is 12.7. The number of fused-ring (bicyclic) bond motifs is 1. The SMILES string of the molecule is O=C1Nc2ccsc2[C@@H](c2ccc([N+](=O)[O-])cc2)N[C@H]1Cc1ccccc1. The Morgan fingerprint density at radius 2 is 1.78 bits per heavy atom. The molecular weight excluding hydrogens is 362 g/mol. The topological polar surface area (TPSA) is 84.3 Å². The van der Waals surface area contributed by atoms with Crippen molar-refractivity contribution < 1.29 is 9.72 Å². The lowest BCUT2D eigenvalue weighted by molar-refractivity contribution is -0.384. The van der Waals surface area contributed by atoms with Crippen LogP contribution in [-0.2, 0) is 11.2 Å². The Hall–Kier alpha value is -3.03. The van der Waals surface area contributed by atoms with Crippen LogP contribution in [0.4, 0.5) is 11.4 Å². The fraction of sp³-hybridized carbons (Fsp3) is 0.150. The molecule has 2 heterocycles. The Morgan fingerprint density at radius 3 is 2.48 bits per heavy atom. The second-order valence-corrected chi connectivity index (χ2v) is 7.33. The number of amides is 1. The maximum absolute atomic E-state index is 12.7. The normalized spacial score (nSPS) is 19.0. The van der Waals surface area contributed by atoms with E-state index in [-0.39, 0.29) is 17.6 Å². The number of nitrogens with zero attached hydrogens (tertiary/aromatic N) is 1. The molecule has 1 aromatic heterocycles. The van der Waals surface area contributed by atoms with E-state index in [1.54, 1.807) is 23.5 Å². The number of thiophene rings is 1. The largest absolute Gasteiger partial charge is 0.324 e. The lowest BCUT2D eigenvalue weighted by atomic mass is 10.0. The van der Waals surface area contributed by atoms with Gasteiger partial charge in [0.05, 0.1) is 22.7 Å². The van der Waals surface area contributed by atoms with Crippen molar-refractivity contribution in [3.05, 3.63) is 92.2 Å². The summed E-state index contributed by atoms with van der Waals surface area (Å²) in [6.45, 7) is 0. The van der Waals surface area contributed by atoms with Gasteiger partial charge in [-0.05, 0) is 29.0 Å². The number of nitro groups is 1. The molecular formula is C20H17N3O3S. The summed E-state index contributed by atoms with van der Waals surface area (Å²) in [6.07, 6.45) is 0.561. The minimum atomic E-state index is -0.413. The fourth-order valence-corrected chi connectivity index (χ4v) is 4.19. The van der Waals surface area contributed by atoms with Gasteiger partial charge in [0, 0.05) is 17.0 Å². The molecule has 6 nitrogen and oxygen atoms in total. The third-order valence-electron chi connectivity index (χ3n) is 4.62. The molecule has 1 aliphatic heterocycles. The molecule has 2 aromatic carbocycles. The number of carbonyl (C=O) groups is 1. The summed E-state index contributed by atoms with van der Waals surface area (Å²) in [4.78, 5) is 24.3. The van der Waals surface area contributed by atoms with Crippen molar-refractivity contribution in [2.24, 2.45) is 0 Å². The van der Waals surface area contributed by atoms with Gasteiger partial charge < -0.3 is 5.32 Å². The third kappa shape index (κ3) is 3.60. The summed E-state index contributed by atoms with van der Waals surface area (Å²) in [5.41, 5.74) is 2.79. The first-order valence-corrected chi connectivity index (χ1v) is 9.42. The van der Waals surface area contributed by atoms with Gasteiger partial charge in [-0.25, -0.2) is 0 Å². The van der Waals surface area contributed by atoms with Crippen molar-refractivity contribution in [3.8, 4) is 0 Å². The van der Waals surface area contributed by atoms with Gasteiger partial charge in [-0.15, -0.1) is 11.3 Å². The first kappa shape index (κ1) is 17.4. The fourth-order valence-electron chi connectivity index (χ4n) is 3.26. The van der Waals surface area contributed by atoms with E-state index in [0.29, 0.717) is 6.42 Å². The van der Waals surface area contributed by atoms with Gasteiger partial charge in [0.2, 0.25) is 5.91 Å². The highest BCUT2D eigenvalue weighted by Gasteiger charge is 2.31. The molecule has 0 unspecified atom stereocenters. The van der Waals surface area contributed by atoms with E-state index in [0.717, 1.165) is 21.7 Å². The predicted octanol–water partition coefficient (Wildman–Crippen LogP) is 3.90. The predicted molar refractivity (Wildman–Crippen MR) is 105 cm³/mol. The van der Waals surface area contributed by atoms with E-state index >= 15 is 0 Å². The van der Waals surface area contributed by atoms with E-state index in [9.17, 15) is 14.9 Å². The molecule has 0 bridgehead atoms. The van der Waals surface area contributed by atoms with E-state index in [2.05, 4.69) is 10.6 Å². The number of nitro benzene ring substituents is 1. The van der Waals surface area contributed by atoms with Crippen LogP contribution in [0.5, 0.6) is 0 Å². The highest BCUT2D eigenvalue weighted by molar-refractivity contribution is 7.10. The molecule has 1 aliphatic rings. The van der Waals surface area contributed by atoms with Crippen molar-refractivity contribution in [1.82, 2.24) is 5.32 Å². The molecule has 7 heteroatoms. The standard InChI is InChI=1S/C20H17N3O3S/c24-20-17(12-13-4-2-1-3-5-13)21-18(19-16(22-20)10-11-27-19)14-6-8-15(9-7-14)23(25)26/h1-11,17-18,21H,12H2,(H,22,24)/t17-,18+/m0/s1. The number of benzene rings is 2. The summed E-state index contributed by atoms with van der Waals surface area (Å²) in [5.74, 6) is -0.0806. The number of rotatable bonds is 4. The molecule has 0 saturated heterocycles. The van der Waals surface area contributed by atoms with E-state index in [1.807, 2.05) is 41.8 Å². The van der Waals surface area contributed by atoms with Gasteiger partial charge in [0.25, 0.3) is 5.69 Å². The van der Waals surface area contributed by atoms with Crippen LogP contribution in [0.3, 0.4) is 0 Å². The molecule has 0 fully saturated rings.